The van der Waals surface area contributed by atoms with E-state index in [0.717, 1.165) is 24.3 Å². The summed E-state index contributed by atoms with van der Waals surface area (Å²) < 4.78 is 49.6. The zero-order valence-electron chi connectivity index (χ0n) is 15.5. The van der Waals surface area contributed by atoms with Crippen LogP contribution in [0.5, 0.6) is 5.75 Å². The van der Waals surface area contributed by atoms with Crippen LogP contribution in [-0.4, -0.2) is 39.4 Å². The average Bonchev–Trinajstić information content (AvgIpc) is 2.67. The molecule has 150 valence electrons. The molecule has 1 N–H and O–H groups in total. The highest BCUT2D eigenvalue weighted by Crippen LogP contribution is 2.15. The minimum Gasteiger partial charge on any atom is -0.497 e. The molecule has 0 aliphatic heterocycles. The van der Waals surface area contributed by atoms with E-state index in [0.29, 0.717) is 11.3 Å². The second-order valence-corrected chi connectivity index (χ2v) is 7.68. The molecular weight excluding hydrogens is 389 g/mol. The maximum absolute atomic E-state index is 12.9. The first-order chi connectivity index (χ1) is 13.1. The molecule has 28 heavy (non-hydrogen) atoms. The smallest absolute Gasteiger partial charge is 0.324 e. The van der Waals surface area contributed by atoms with Gasteiger partial charge in [0.2, 0.25) is 15.8 Å². The molecule has 0 unspecified atom stereocenters. The molecule has 2 aromatic carbocycles. The van der Waals surface area contributed by atoms with Crippen LogP contribution in [0.15, 0.2) is 53.4 Å². The van der Waals surface area contributed by atoms with Crippen molar-refractivity contribution < 1.29 is 31.9 Å². The highest BCUT2D eigenvalue weighted by molar-refractivity contribution is 7.89. The lowest BCUT2D eigenvalue weighted by Crippen LogP contribution is -2.41. The molecule has 0 spiro atoms. The van der Waals surface area contributed by atoms with E-state index in [9.17, 15) is 22.4 Å². The van der Waals surface area contributed by atoms with Crippen LogP contribution in [0.2, 0.25) is 0 Å². The largest absolute Gasteiger partial charge is 0.497 e. The number of ether oxygens (including phenoxy) is 2. The number of ketones is 1. The summed E-state index contributed by atoms with van der Waals surface area (Å²) in [6.07, 6.45) is -1.11. The van der Waals surface area contributed by atoms with E-state index < -0.39 is 39.7 Å². The fraction of sp³-hybridized carbons (Fsp3) is 0.263. The molecule has 2 rings (SSSR count). The lowest BCUT2D eigenvalue weighted by Gasteiger charge is -2.17. The van der Waals surface area contributed by atoms with Gasteiger partial charge in [0.15, 0.2) is 6.10 Å². The molecule has 2 aromatic rings. The van der Waals surface area contributed by atoms with Crippen LogP contribution >= 0.6 is 0 Å². The van der Waals surface area contributed by atoms with Gasteiger partial charge in [-0.25, -0.2) is 12.8 Å². The number of halogens is 1. The van der Waals surface area contributed by atoms with Crippen molar-refractivity contribution in [1.29, 1.82) is 0 Å². The van der Waals surface area contributed by atoms with Gasteiger partial charge in [0, 0.05) is 5.56 Å². The van der Waals surface area contributed by atoms with E-state index in [4.69, 9.17) is 9.47 Å². The Labute approximate surface area is 162 Å². The molecule has 0 bridgehead atoms. The van der Waals surface area contributed by atoms with Gasteiger partial charge < -0.3 is 9.47 Å². The summed E-state index contributed by atoms with van der Waals surface area (Å²) in [5.41, 5.74) is 0.320. The first kappa shape index (κ1) is 21.5. The van der Waals surface area contributed by atoms with Crippen LogP contribution in [-0.2, 0) is 19.6 Å². The third-order valence-corrected chi connectivity index (χ3v) is 5.40. The topological polar surface area (TPSA) is 98.8 Å². The lowest BCUT2D eigenvalue weighted by molar-refractivity contribution is -0.147. The monoisotopic (exact) mass is 409 g/mol. The molecule has 7 nitrogen and oxygen atoms in total. The number of hydrogen-bond donors (Lipinski definition) is 1. The Morgan fingerprint density at radius 1 is 1.00 bits per heavy atom. The van der Waals surface area contributed by atoms with Gasteiger partial charge in [0.05, 0.1) is 12.0 Å². The van der Waals surface area contributed by atoms with Crippen molar-refractivity contribution in [1.82, 2.24) is 4.72 Å². The summed E-state index contributed by atoms with van der Waals surface area (Å²) in [6, 6.07) is 9.15. The Bertz CT molecular complexity index is 941. The molecule has 0 aliphatic rings. The molecule has 0 saturated carbocycles. The Balaban J connectivity index is 2.00. The molecule has 0 fully saturated rings. The van der Waals surface area contributed by atoms with Gasteiger partial charge in [-0.1, -0.05) is 0 Å². The number of Topliss-reactive ketones (excluding diaryl/α,β-unsaturated/α-hetero) is 1. The Morgan fingerprint density at radius 2 is 1.57 bits per heavy atom. The zero-order valence-corrected chi connectivity index (χ0v) is 16.3. The number of esters is 1. The van der Waals surface area contributed by atoms with Crippen LogP contribution in [0.25, 0.3) is 0 Å². The van der Waals surface area contributed by atoms with Crippen LogP contribution in [0.1, 0.15) is 24.2 Å². The first-order valence-corrected chi connectivity index (χ1v) is 9.79. The lowest BCUT2D eigenvalue weighted by atomic mass is 10.1. The van der Waals surface area contributed by atoms with Crippen molar-refractivity contribution in [3.63, 3.8) is 0 Å². The van der Waals surface area contributed by atoms with Gasteiger partial charge in [0.25, 0.3) is 0 Å². The standard InChI is InChI=1S/C19H20FNO6S/c1-12(21-28(24,25)17-10-6-15(20)7-11-17)19(23)27-13(2)18(22)14-4-8-16(26-3)9-5-14/h4-13,21H,1-3H3/t12-,13+/m0/s1. The van der Waals surface area contributed by atoms with Gasteiger partial charge in [0.1, 0.15) is 17.6 Å². The summed E-state index contributed by atoms with van der Waals surface area (Å²) in [6.45, 7) is 2.68. The number of carbonyl (C=O) groups is 2. The van der Waals surface area contributed by atoms with Gasteiger partial charge in [-0.2, -0.15) is 4.72 Å². The molecule has 0 aliphatic carbocycles. The number of rotatable bonds is 8. The molecule has 2 atom stereocenters. The predicted molar refractivity (Wildman–Crippen MR) is 99.1 cm³/mol. The van der Waals surface area contributed by atoms with Crippen molar-refractivity contribution in [2.75, 3.05) is 7.11 Å². The number of hydrogen-bond acceptors (Lipinski definition) is 6. The molecular formula is C19H20FNO6S. The van der Waals surface area contributed by atoms with Crippen LogP contribution in [0.4, 0.5) is 4.39 Å². The van der Waals surface area contributed by atoms with Crippen molar-refractivity contribution in [3.05, 3.63) is 59.9 Å². The number of nitrogens with one attached hydrogen (secondary N) is 1. The van der Waals surface area contributed by atoms with Crippen LogP contribution in [0, 0.1) is 5.82 Å². The maximum atomic E-state index is 12.9. The van der Waals surface area contributed by atoms with Crippen molar-refractivity contribution in [2.45, 2.75) is 30.9 Å². The molecule has 0 amide bonds. The van der Waals surface area contributed by atoms with E-state index in [1.807, 2.05) is 0 Å². The Kier molecular flexibility index (Phi) is 6.87. The SMILES string of the molecule is COc1ccc(C(=O)[C@@H](C)OC(=O)[C@H](C)NS(=O)(=O)c2ccc(F)cc2)cc1. The quantitative estimate of drug-likeness (QED) is 0.531. The van der Waals surface area contributed by atoms with Crippen LogP contribution in [0.3, 0.4) is 0 Å². The van der Waals surface area contributed by atoms with Crippen molar-refractivity contribution in [3.8, 4) is 5.75 Å². The summed E-state index contributed by atoms with van der Waals surface area (Å²) in [5, 5.41) is 0. The predicted octanol–water partition coefficient (Wildman–Crippen LogP) is 2.32. The summed E-state index contributed by atoms with van der Waals surface area (Å²) in [4.78, 5) is 24.3. The average molecular weight is 409 g/mol. The van der Waals surface area contributed by atoms with E-state index in [1.165, 1.54) is 33.1 Å². The van der Waals surface area contributed by atoms with E-state index >= 15 is 0 Å². The van der Waals surface area contributed by atoms with Gasteiger partial charge in [-0.3, -0.25) is 9.59 Å². The Hall–Kier alpha value is -2.78. The molecule has 0 radical (unpaired) electrons. The van der Waals surface area contributed by atoms with Gasteiger partial charge in [-0.15, -0.1) is 0 Å². The normalized spacial score (nSPS) is 13.4. The number of carbonyl (C=O) groups excluding carboxylic acids is 2. The summed E-state index contributed by atoms with van der Waals surface area (Å²) in [7, 11) is -2.56. The summed E-state index contributed by atoms with van der Waals surface area (Å²) in [5.74, 6) is -1.37. The van der Waals surface area contributed by atoms with E-state index in [2.05, 4.69) is 4.72 Å². The maximum Gasteiger partial charge on any atom is 0.324 e. The highest BCUT2D eigenvalue weighted by atomic mass is 32.2. The number of benzene rings is 2. The fourth-order valence-corrected chi connectivity index (χ4v) is 3.47. The van der Waals surface area contributed by atoms with Crippen molar-refractivity contribution >= 4 is 21.8 Å². The molecule has 9 heteroatoms. The number of methoxy groups -OCH3 is 1. The van der Waals surface area contributed by atoms with Gasteiger partial charge >= 0.3 is 5.97 Å². The molecule has 0 heterocycles. The summed E-state index contributed by atoms with van der Waals surface area (Å²) >= 11 is 0. The highest BCUT2D eigenvalue weighted by Gasteiger charge is 2.26. The molecule has 0 aromatic heterocycles. The number of sulfonamides is 1. The van der Waals surface area contributed by atoms with Crippen LogP contribution < -0.4 is 9.46 Å². The third-order valence-electron chi connectivity index (χ3n) is 3.85. The minimum atomic E-state index is -4.05. The second kappa shape index (κ2) is 8.94. The zero-order chi connectivity index (χ0) is 20.9. The van der Waals surface area contributed by atoms with E-state index in [-0.39, 0.29) is 4.90 Å². The Morgan fingerprint density at radius 3 is 2.11 bits per heavy atom. The second-order valence-electron chi connectivity index (χ2n) is 5.97. The minimum absolute atomic E-state index is 0.198. The third kappa shape index (κ3) is 5.37. The van der Waals surface area contributed by atoms with E-state index in [1.54, 1.807) is 12.1 Å². The van der Waals surface area contributed by atoms with Gasteiger partial charge in [-0.05, 0) is 62.4 Å². The fourth-order valence-electron chi connectivity index (χ4n) is 2.28. The first-order valence-electron chi connectivity index (χ1n) is 8.30. The van der Waals surface area contributed by atoms with Crippen molar-refractivity contribution in [2.24, 2.45) is 0 Å². The molecule has 0 saturated heterocycles.